The van der Waals surface area contributed by atoms with Crippen LogP contribution in [0.1, 0.15) is 22.5 Å². The van der Waals surface area contributed by atoms with Crippen molar-refractivity contribution in [1.82, 2.24) is 10.3 Å². The summed E-state index contributed by atoms with van der Waals surface area (Å²) in [6.07, 6.45) is 1.74. The number of rotatable bonds is 5. The Morgan fingerprint density at radius 2 is 2.19 bits per heavy atom. The predicted octanol–water partition coefficient (Wildman–Crippen LogP) is 1.80. The summed E-state index contributed by atoms with van der Waals surface area (Å²) in [5, 5.41) is 10.9. The minimum absolute atomic E-state index is 0.0309. The first kappa shape index (κ1) is 17.3. The smallest absolute Gasteiger partial charge is 0.395 e. The molecular formula is C13H13F3N2O2S. The Hall–Kier alpha value is -1.72. The van der Waals surface area contributed by atoms with Crippen molar-refractivity contribution in [3.8, 4) is 11.8 Å². The highest BCUT2D eigenvalue weighted by molar-refractivity contribution is 8.00. The number of amides is 1. The lowest BCUT2D eigenvalue weighted by Gasteiger charge is -2.06. The molecule has 2 N–H and O–H groups in total. The summed E-state index contributed by atoms with van der Waals surface area (Å²) in [4.78, 5) is 15.5. The number of nitrogens with zero attached hydrogens (tertiary/aromatic N) is 1. The van der Waals surface area contributed by atoms with Crippen LogP contribution >= 0.6 is 11.8 Å². The Labute approximate surface area is 124 Å². The Kier molecular flexibility index (Phi) is 7.05. The van der Waals surface area contributed by atoms with Gasteiger partial charge in [0.1, 0.15) is 5.69 Å². The van der Waals surface area contributed by atoms with Crippen LogP contribution < -0.4 is 5.32 Å². The minimum atomic E-state index is -4.29. The minimum Gasteiger partial charge on any atom is -0.395 e. The lowest BCUT2D eigenvalue weighted by Crippen LogP contribution is -2.27. The van der Waals surface area contributed by atoms with Crippen molar-refractivity contribution in [1.29, 1.82) is 0 Å². The van der Waals surface area contributed by atoms with Gasteiger partial charge in [-0.25, -0.2) is 4.98 Å². The molecule has 0 spiro atoms. The fraction of sp³-hybridized carbons (Fsp3) is 0.385. The number of thioether (sulfide) groups is 1. The molecule has 1 heterocycles. The van der Waals surface area contributed by atoms with Crippen molar-refractivity contribution in [2.75, 3.05) is 18.9 Å². The number of aromatic nitrogens is 1. The quantitative estimate of drug-likeness (QED) is 0.642. The van der Waals surface area contributed by atoms with E-state index in [-0.39, 0.29) is 36.4 Å². The first-order chi connectivity index (χ1) is 9.92. The number of aliphatic hydroxyl groups is 1. The van der Waals surface area contributed by atoms with Crippen molar-refractivity contribution >= 4 is 17.7 Å². The largest absolute Gasteiger partial charge is 0.441 e. The van der Waals surface area contributed by atoms with E-state index in [0.717, 1.165) is 0 Å². The van der Waals surface area contributed by atoms with E-state index in [0.29, 0.717) is 12.0 Å². The van der Waals surface area contributed by atoms with Crippen LogP contribution in [0, 0.1) is 11.8 Å². The van der Waals surface area contributed by atoms with Gasteiger partial charge in [-0.1, -0.05) is 11.8 Å². The van der Waals surface area contributed by atoms with Gasteiger partial charge in [0, 0.05) is 30.5 Å². The average Bonchev–Trinajstić information content (AvgIpc) is 2.43. The summed E-state index contributed by atoms with van der Waals surface area (Å²) < 4.78 is 35.7. The highest BCUT2D eigenvalue weighted by Gasteiger charge is 2.27. The van der Waals surface area contributed by atoms with Gasteiger partial charge in [-0.05, 0) is 23.9 Å². The molecule has 0 aliphatic rings. The van der Waals surface area contributed by atoms with E-state index >= 15 is 0 Å². The van der Waals surface area contributed by atoms with Crippen molar-refractivity contribution in [3.05, 3.63) is 29.6 Å². The van der Waals surface area contributed by atoms with Gasteiger partial charge in [0.25, 0.3) is 5.91 Å². The van der Waals surface area contributed by atoms with E-state index < -0.39 is 11.4 Å². The van der Waals surface area contributed by atoms with Gasteiger partial charge >= 0.3 is 5.51 Å². The zero-order chi connectivity index (χ0) is 15.7. The summed E-state index contributed by atoms with van der Waals surface area (Å²) >= 11 is -0.189. The summed E-state index contributed by atoms with van der Waals surface area (Å²) in [5.74, 6) is 4.67. The Bertz CT molecular complexity index is 521. The van der Waals surface area contributed by atoms with Crippen molar-refractivity contribution < 1.29 is 23.1 Å². The maximum absolute atomic E-state index is 11.9. The number of hydrogen-bond donors (Lipinski definition) is 2. The number of hydrogen-bond acceptors (Lipinski definition) is 4. The Balaban J connectivity index is 2.43. The van der Waals surface area contributed by atoms with E-state index in [9.17, 15) is 18.0 Å². The molecule has 4 nitrogen and oxygen atoms in total. The fourth-order valence-electron chi connectivity index (χ4n) is 1.24. The van der Waals surface area contributed by atoms with Gasteiger partial charge in [0.2, 0.25) is 0 Å². The standard InChI is InChI=1S/C13H13F3N2O2S/c14-13(15,16)21-8-6-17-12(20)11-5-4-10(9-18-11)3-1-2-7-19/h4-5,9,19H,2,6-8H2,(H,17,20). The zero-order valence-electron chi connectivity index (χ0n) is 10.9. The second kappa shape index (κ2) is 8.54. The summed E-state index contributed by atoms with van der Waals surface area (Å²) in [6.45, 7) is -0.125. The SMILES string of the molecule is O=C(NCCSC(F)(F)F)c1ccc(C#CCCO)cn1. The molecule has 1 rings (SSSR count). The molecule has 1 amide bonds. The second-order valence-electron chi connectivity index (χ2n) is 3.76. The van der Waals surface area contributed by atoms with Crippen LogP contribution in [0.5, 0.6) is 0 Å². The summed E-state index contributed by atoms with van der Waals surface area (Å²) in [6, 6.07) is 3.02. The maximum Gasteiger partial charge on any atom is 0.441 e. The average molecular weight is 318 g/mol. The molecule has 0 saturated carbocycles. The van der Waals surface area contributed by atoms with Crippen molar-refractivity contribution in [2.45, 2.75) is 11.9 Å². The molecule has 0 atom stereocenters. The molecule has 0 fully saturated rings. The van der Waals surface area contributed by atoms with Crippen LogP contribution in [0.2, 0.25) is 0 Å². The lowest BCUT2D eigenvalue weighted by atomic mass is 10.2. The molecular weight excluding hydrogens is 305 g/mol. The predicted molar refractivity (Wildman–Crippen MR) is 73.7 cm³/mol. The van der Waals surface area contributed by atoms with Crippen LogP contribution in [0.25, 0.3) is 0 Å². The van der Waals surface area contributed by atoms with Crippen molar-refractivity contribution in [3.63, 3.8) is 0 Å². The molecule has 0 unspecified atom stereocenters. The van der Waals surface area contributed by atoms with E-state index in [1.54, 1.807) is 6.07 Å². The van der Waals surface area contributed by atoms with Gasteiger partial charge in [0.05, 0.1) is 6.61 Å². The molecule has 21 heavy (non-hydrogen) atoms. The van der Waals surface area contributed by atoms with E-state index in [1.807, 2.05) is 0 Å². The number of halogens is 3. The third-order valence-corrected chi connectivity index (χ3v) is 2.85. The van der Waals surface area contributed by atoms with Crippen LogP contribution in [-0.2, 0) is 0 Å². The van der Waals surface area contributed by atoms with Gasteiger partial charge in [-0.2, -0.15) is 13.2 Å². The van der Waals surface area contributed by atoms with Gasteiger partial charge in [-0.3, -0.25) is 4.79 Å². The molecule has 0 aliphatic heterocycles. The summed E-state index contributed by atoms with van der Waals surface area (Å²) in [7, 11) is 0. The fourth-order valence-corrected chi connectivity index (χ4v) is 1.68. The third kappa shape index (κ3) is 7.58. The first-order valence-electron chi connectivity index (χ1n) is 5.97. The third-order valence-electron chi connectivity index (χ3n) is 2.12. The van der Waals surface area contributed by atoms with E-state index in [4.69, 9.17) is 5.11 Å². The monoisotopic (exact) mass is 318 g/mol. The lowest BCUT2D eigenvalue weighted by molar-refractivity contribution is -0.0327. The van der Waals surface area contributed by atoms with Crippen molar-refractivity contribution in [2.24, 2.45) is 0 Å². The Morgan fingerprint density at radius 3 is 2.76 bits per heavy atom. The Morgan fingerprint density at radius 1 is 1.43 bits per heavy atom. The number of carbonyl (C=O) groups excluding carboxylic acids is 1. The van der Waals surface area contributed by atoms with Gasteiger partial charge < -0.3 is 10.4 Å². The topological polar surface area (TPSA) is 62.2 Å². The second-order valence-corrected chi connectivity index (χ2v) is 4.92. The van der Waals surface area contributed by atoms with E-state index in [2.05, 4.69) is 22.1 Å². The highest BCUT2D eigenvalue weighted by atomic mass is 32.2. The molecule has 114 valence electrons. The van der Waals surface area contributed by atoms with Gasteiger partial charge in [0.15, 0.2) is 0 Å². The van der Waals surface area contributed by atoms with Crippen LogP contribution in [-0.4, -0.2) is 40.4 Å². The van der Waals surface area contributed by atoms with Crippen LogP contribution in [0.4, 0.5) is 13.2 Å². The maximum atomic E-state index is 11.9. The van der Waals surface area contributed by atoms with Crippen LogP contribution in [0.15, 0.2) is 18.3 Å². The zero-order valence-corrected chi connectivity index (χ0v) is 11.7. The molecule has 1 aromatic rings. The molecule has 0 aliphatic carbocycles. The molecule has 0 saturated heterocycles. The number of alkyl halides is 3. The number of nitrogens with one attached hydrogen (secondary N) is 1. The first-order valence-corrected chi connectivity index (χ1v) is 6.95. The van der Waals surface area contributed by atoms with Crippen LogP contribution in [0.3, 0.4) is 0 Å². The summed E-state index contributed by atoms with van der Waals surface area (Å²) in [5.41, 5.74) is -3.59. The van der Waals surface area contributed by atoms with E-state index in [1.165, 1.54) is 12.3 Å². The molecule has 0 radical (unpaired) electrons. The normalized spacial score (nSPS) is 10.7. The molecule has 1 aromatic heterocycles. The number of carbonyl (C=O) groups is 1. The highest BCUT2D eigenvalue weighted by Crippen LogP contribution is 2.29. The molecule has 0 aromatic carbocycles. The number of pyridine rings is 1. The van der Waals surface area contributed by atoms with Gasteiger partial charge in [-0.15, -0.1) is 0 Å². The molecule has 0 bridgehead atoms. The molecule has 8 heteroatoms. The number of aliphatic hydroxyl groups excluding tert-OH is 1.